The van der Waals surface area contributed by atoms with Crippen LogP contribution < -0.4 is 5.32 Å². The molecule has 1 atom stereocenters. The molecule has 0 aromatic heterocycles. The number of nitrogens with one attached hydrogen (secondary N) is 1. The number of alkyl halides is 1. The highest BCUT2D eigenvalue weighted by Crippen LogP contribution is 2.35. The monoisotopic (exact) mass is 189 g/mol. The Labute approximate surface area is 82.1 Å². The zero-order valence-electron chi connectivity index (χ0n) is 9.49. The number of hydrogen-bond acceptors (Lipinski definition) is 1. The van der Waals surface area contributed by atoms with Gasteiger partial charge in [0.25, 0.3) is 0 Å². The molecule has 80 valence electrons. The van der Waals surface area contributed by atoms with Crippen molar-refractivity contribution in [2.24, 2.45) is 5.41 Å². The van der Waals surface area contributed by atoms with E-state index in [0.717, 1.165) is 25.9 Å². The second kappa shape index (κ2) is 6.36. The van der Waals surface area contributed by atoms with E-state index < -0.39 is 6.17 Å². The summed E-state index contributed by atoms with van der Waals surface area (Å²) in [5, 5.41) is 3.16. The summed E-state index contributed by atoms with van der Waals surface area (Å²) in [5.74, 6) is 0. The molecule has 1 nitrogen and oxygen atoms in total. The fourth-order valence-electron chi connectivity index (χ4n) is 1.93. The van der Waals surface area contributed by atoms with Gasteiger partial charge >= 0.3 is 0 Å². The summed E-state index contributed by atoms with van der Waals surface area (Å²) in [6.45, 7) is 9.83. The average molecular weight is 189 g/mol. The lowest BCUT2D eigenvalue weighted by Crippen LogP contribution is -2.58. The standard InChI is InChI=1S/C9H18FN.C2H6/c1-3-5-9(6-11-7-9)8(10)4-2;1-2/h8,11H,3-7H2,1-2H3;1-2H3. The van der Waals surface area contributed by atoms with Gasteiger partial charge in [0.05, 0.1) is 0 Å². The third kappa shape index (κ3) is 2.94. The average Bonchev–Trinajstić information content (AvgIpc) is 2.13. The Balaban J connectivity index is 0.000000671. The third-order valence-corrected chi connectivity index (χ3v) is 2.72. The molecule has 1 saturated heterocycles. The van der Waals surface area contributed by atoms with E-state index in [9.17, 15) is 4.39 Å². The van der Waals surface area contributed by atoms with Crippen LogP contribution in [0.15, 0.2) is 0 Å². The maximum Gasteiger partial charge on any atom is 0.108 e. The van der Waals surface area contributed by atoms with Crippen molar-refractivity contribution in [2.45, 2.75) is 53.1 Å². The first kappa shape index (κ1) is 12.9. The van der Waals surface area contributed by atoms with Crippen LogP contribution in [0.25, 0.3) is 0 Å². The van der Waals surface area contributed by atoms with E-state index in [-0.39, 0.29) is 5.41 Å². The summed E-state index contributed by atoms with van der Waals surface area (Å²) in [4.78, 5) is 0. The van der Waals surface area contributed by atoms with Crippen LogP contribution >= 0.6 is 0 Å². The Bertz CT molecular complexity index is 121. The molecule has 0 bridgehead atoms. The van der Waals surface area contributed by atoms with E-state index in [0.29, 0.717) is 6.42 Å². The number of rotatable bonds is 4. The maximum absolute atomic E-state index is 13.4. The highest BCUT2D eigenvalue weighted by atomic mass is 19.1. The molecular formula is C11H24FN. The Morgan fingerprint density at radius 1 is 1.31 bits per heavy atom. The molecule has 1 unspecified atom stereocenters. The first-order chi connectivity index (χ1) is 6.25. The van der Waals surface area contributed by atoms with Crippen LogP contribution in [-0.2, 0) is 0 Å². The molecule has 1 aliphatic rings. The van der Waals surface area contributed by atoms with E-state index in [4.69, 9.17) is 0 Å². The maximum atomic E-state index is 13.4. The first-order valence-electron chi connectivity index (χ1n) is 5.60. The van der Waals surface area contributed by atoms with Crippen molar-refractivity contribution in [1.82, 2.24) is 5.32 Å². The predicted octanol–water partition coefficient (Wildman–Crippen LogP) is 3.15. The van der Waals surface area contributed by atoms with Crippen molar-refractivity contribution in [1.29, 1.82) is 0 Å². The van der Waals surface area contributed by atoms with Crippen molar-refractivity contribution in [3.05, 3.63) is 0 Å². The molecule has 0 saturated carbocycles. The van der Waals surface area contributed by atoms with E-state index in [1.165, 1.54) is 0 Å². The van der Waals surface area contributed by atoms with Gasteiger partial charge in [-0.1, -0.05) is 34.1 Å². The molecule has 0 amide bonds. The molecule has 0 radical (unpaired) electrons. The van der Waals surface area contributed by atoms with Gasteiger partial charge in [0, 0.05) is 18.5 Å². The Morgan fingerprint density at radius 3 is 2.08 bits per heavy atom. The molecule has 0 aliphatic carbocycles. The molecule has 1 N–H and O–H groups in total. The summed E-state index contributed by atoms with van der Waals surface area (Å²) in [5.41, 5.74) is 0.00347. The quantitative estimate of drug-likeness (QED) is 0.716. The minimum atomic E-state index is -0.594. The lowest BCUT2D eigenvalue weighted by molar-refractivity contribution is 0.0335. The van der Waals surface area contributed by atoms with Crippen molar-refractivity contribution in [3.63, 3.8) is 0 Å². The molecule has 1 heterocycles. The second-order valence-corrected chi connectivity index (χ2v) is 3.59. The highest BCUT2D eigenvalue weighted by molar-refractivity contribution is 4.96. The molecular weight excluding hydrogens is 165 g/mol. The third-order valence-electron chi connectivity index (χ3n) is 2.72. The highest BCUT2D eigenvalue weighted by Gasteiger charge is 2.42. The van der Waals surface area contributed by atoms with Crippen LogP contribution in [0.4, 0.5) is 4.39 Å². The molecule has 1 rings (SSSR count). The van der Waals surface area contributed by atoms with Crippen molar-refractivity contribution < 1.29 is 4.39 Å². The minimum Gasteiger partial charge on any atom is -0.315 e. The lowest BCUT2D eigenvalue weighted by Gasteiger charge is -2.45. The largest absolute Gasteiger partial charge is 0.315 e. The molecule has 13 heavy (non-hydrogen) atoms. The summed E-state index contributed by atoms with van der Waals surface area (Å²) < 4.78 is 13.4. The zero-order valence-corrected chi connectivity index (χ0v) is 9.49. The van der Waals surface area contributed by atoms with Crippen molar-refractivity contribution in [2.75, 3.05) is 13.1 Å². The molecule has 2 heteroatoms. The first-order valence-corrected chi connectivity index (χ1v) is 5.60. The van der Waals surface area contributed by atoms with Gasteiger partial charge in [-0.25, -0.2) is 4.39 Å². The Kier molecular flexibility index (Phi) is 6.31. The van der Waals surface area contributed by atoms with Crippen LogP contribution in [-0.4, -0.2) is 19.3 Å². The normalized spacial score (nSPS) is 21.0. The molecule has 1 aliphatic heterocycles. The van der Waals surface area contributed by atoms with E-state index in [1.807, 2.05) is 20.8 Å². The van der Waals surface area contributed by atoms with Gasteiger partial charge in [0.1, 0.15) is 6.17 Å². The topological polar surface area (TPSA) is 12.0 Å². The Morgan fingerprint density at radius 2 is 1.85 bits per heavy atom. The number of halogens is 1. The van der Waals surface area contributed by atoms with Gasteiger partial charge in [0.15, 0.2) is 0 Å². The second-order valence-electron chi connectivity index (χ2n) is 3.59. The molecule has 0 aromatic carbocycles. The molecule has 0 spiro atoms. The molecule has 1 fully saturated rings. The van der Waals surface area contributed by atoms with Gasteiger partial charge in [-0.05, 0) is 12.8 Å². The van der Waals surface area contributed by atoms with Crippen LogP contribution in [0, 0.1) is 5.41 Å². The summed E-state index contributed by atoms with van der Waals surface area (Å²) in [6.07, 6.45) is 2.21. The van der Waals surface area contributed by atoms with E-state index >= 15 is 0 Å². The van der Waals surface area contributed by atoms with Crippen LogP contribution in [0.1, 0.15) is 47.0 Å². The van der Waals surface area contributed by atoms with Crippen molar-refractivity contribution >= 4 is 0 Å². The van der Waals surface area contributed by atoms with E-state index in [1.54, 1.807) is 0 Å². The summed E-state index contributed by atoms with van der Waals surface area (Å²) >= 11 is 0. The zero-order chi connectivity index (χ0) is 10.3. The lowest BCUT2D eigenvalue weighted by atomic mass is 9.73. The van der Waals surface area contributed by atoms with Crippen LogP contribution in [0.2, 0.25) is 0 Å². The van der Waals surface area contributed by atoms with Crippen molar-refractivity contribution in [3.8, 4) is 0 Å². The summed E-state index contributed by atoms with van der Waals surface area (Å²) in [6, 6.07) is 0. The predicted molar refractivity (Wildman–Crippen MR) is 56.7 cm³/mol. The van der Waals surface area contributed by atoms with Crippen LogP contribution in [0.5, 0.6) is 0 Å². The van der Waals surface area contributed by atoms with Gasteiger partial charge in [-0.2, -0.15) is 0 Å². The minimum absolute atomic E-state index is 0.00347. The number of hydrogen-bond donors (Lipinski definition) is 1. The van der Waals surface area contributed by atoms with Gasteiger partial charge in [0.2, 0.25) is 0 Å². The summed E-state index contributed by atoms with van der Waals surface area (Å²) in [7, 11) is 0. The smallest absolute Gasteiger partial charge is 0.108 e. The van der Waals surface area contributed by atoms with Gasteiger partial charge < -0.3 is 5.32 Å². The Hall–Kier alpha value is -0.110. The fraction of sp³-hybridized carbons (Fsp3) is 1.00. The molecule has 0 aromatic rings. The van der Waals surface area contributed by atoms with E-state index in [2.05, 4.69) is 12.2 Å². The van der Waals surface area contributed by atoms with Gasteiger partial charge in [-0.3, -0.25) is 0 Å². The van der Waals surface area contributed by atoms with Crippen LogP contribution in [0.3, 0.4) is 0 Å². The fourth-order valence-corrected chi connectivity index (χ4v) is 1.93. The van der Waals surface area contributed by atoms with Gasteiger partial charge in [-0.15, -0.1) is 0 Å². The SMILES string of the molecule is CC.CCCC1(C(F)CC)CNC1.